The first-order valence-corrected chi connectivity index (χ1v) is 7.43. The third-order valence-electron chi connectivity index (χ3n) is 4.29. The van der Waals surface area contributed by atoms with Crippen LogP contribution in [0.2, 0.25) is 0 Å². The second kappa shape index (κ2) is 5.13. The van der Waals surface area contributed by atoms with E-state index in [-0.39, 0.29) is 6.04 Å². The number of hydrogen-bond acceptors (Lipinski definition) is 3. The predicted octanol–water partition coefficient (Wildman–Crippen LogP) is 4.46. The van der Waals surface area contributed by atoms with Gasteiger partial charge in [-0.05, 0) is 51.3 Å². The second-order valence-electron chi connectivity index (χ2n) is 6.09. The molecule has 2 aromatic rings. The van der Waals surface area contributed by atoms with E-state index in [1.807, 2.05) is 13.8 Å². The van der Waals surface area contributed by atoms with E-state index in [0.717, 1.165) is 35.5 Å². The lowest BCUT2D eigenvalue weighted by molar-refractivity contribution is 0.427. The van der Waals surface area contributed by atoms with Crippen LogP contribution < -0.4 is 5.32 Å². The molecule has 0 bridgehead atoms. The van der Waals surface area contributed by atoms with Gasteiger partial charge in [0.15, 0.2) is 0 Å². The van der Waals surface area contributed by atoms with Crippen LogP contribution in [0.3, 0.4) is 0 Å². The average molecular weight is 273 g/mol. The minimum absolute atomic E-state index is 0.265. The summed E-state index contributed by atoms with van der Waals surface area (Å²) >= 11 is 0. The minimum Gasteiger partial charge on any atom is -0.466 e. The fourth-order valence-electron chi connectivity index (χ4n) is 2.85. The van der Waals surface area contributed by atoms with Crippen LogP contribution in [-0.4, -0.2) is 0 Å². The summed E-state index contributed by atoms with van der Waals surface area (Å²) in [4.78, 5) is 0. The molecule has 20 heavy (non-hydrogen) atoms. The Morgan fingerprint density at radius 3 is 2.65 bits per heavy atom. The van der Waals surface area contributed by atoms with Crippen LogP contribution in [0.25, 0.3) is 0 Å². The minimum atomic E-state index is 0.265. The quantitative estimate of drug-likeness (QED) is 0.873. The van der Waals surface area contributed by atoms with Gasteiger partial charge in [0.1, 0.15) is 23.0 Å². The number of rotatable bonds is 5. The summed E-state index contributed by atoms with van der Waals surface area (Å²) in [5, 5.41) is 3.50. The van der Waals surface area contributed by atoms with E-state index in [0.29, 0.717) is 5.92 Å². The van der Waals surface area contributed by atoms with Crippen LogP contribution in [0.4, 0.5) is 0 Å². The van der Waals surface area contributed by atoms with Crippen molar-refractivity contribution in [1.29, 1.82) is 0 Å². The van der Waals surface area contributed by atoms with Crippen molar-refractivity contribution < 1.29 is 8.83 Å². The molecule has 0 amide bonds. The van der Waals surface area contributed by atoms with E-state index in [1.165, 1.54) is 12.0 Å². The molecule has 1 saturated carbocycles. The largest absolute Gasteiger partial charge is 0.466 e. The highest BCUT2D eigenvalue weighted by Gasteiger charge is 2.36. The van der Waals surface area contributed by atoms with Crippen LogP contribution in [-0.2, 0) is 6.54 Å². The van der Waals surface area contributed by atoms with Crippen molar-refractivity contribution >= 4 is 0 Å². The molecular weight excluding hydrogens is 250 g/mol. The van der Waals surface area contributed by atoms with Crippen molar-refractivity contribution in [3.05, 3.63) is 46.8 Å². The Morgan fingerprint density at radius 1 is 1.30 bits per heavy atom. The summed E-state index contributed by atoms with van der Waals surface area (Å²) in [5.41, 5.74) is 1.23. The molecule has 1 N–H and O–H groups in total. The smallest absolute Gasteiger partial charge is 0.117 e. The molecule has 0 saturated heterocycles. The summed E-state index contributed by atoms with van der Waals surface area (Å²) in [6.07, 6.45) is 1.27. The molecule has 1 fully saturated rings. The maximum Gasteiger partial charge on any atom is 0.117 e. The van der Waals surface area contributed by atoms with Gasteiger partial charge >= 0.3 is 0 Å². The van der Waals surface area contributed by atoms with Crippen LogP contribution in [0, 0.1) is 19.8 Å². The Balaban J connectivity index is 1.59. The molecule has 0 radical (unpaired) electrons. The lowest BCUT2D eigenvalue weighted by Gasteiger charge is -2.11. The number of furan rings is 2. The van der Waals surface area contributed by atoms with Crippen LogP contribution >= 0.6 is 0 Å². The predicted molar refractivity (Wildman–Crippen MR) is 78.7 cm³/mol. The highest BCUT2D eigenvalue weighted by Crippen LogP contribution is 2.47. The van der Waals surface area contributed by atoms with Crippen molar-refractivity contribution in [3.8, 4) is 0 Å². The molecular formula is C17H23NO2. The number of hydrogen-bond donors (Lipinski definition) is 1. The zero-order valence-electron chi connectivity index (χ0n) is 12.7. The van der Waals surface area contributed by atoms with Gasteiger partial charge in [0.25, 0.3) is 0 Å². The summed E-state index contributed by atoms with van der Waals surface area (Å²) in [6.45, 7) is 9.19. The second-order valence-corrected chi connectivity index (χ2v) is 6.09. The van der Waals surface area contributed by atoms with Gasteiger partial charge in [-0.15, -0.1) is 0 Å². The van der Waals surface area contributed by atoms with Crippen molar-refractivity contribution in [2.75, 3.05) is 0 Å². The molecule has 0 aliphatic heterocycles. The van der Waals surface area contributed by atoms with Gasteiger partial charge in [-0.1, -0.05) is 6.92 Å². The molecule has 108 valence electrons. The molecule has 3 nitrogen and oxygen atoms in total. The van der Waals surface area contributed by atoms with Gasteiger partial charge in [0, 0.05) is 17.5 Å². The monoisotopic (exact) mass is 273 g/mol. The van der Waals surface area contributed by atoms with Crippen molar-refractivity contribution in [3.63, 3.8) is 0 Å². The highest BCUT2D eigenvalue weighted by molar-refractivity contribution is 5.23. The van der Waals surface area contributed by atoms with Crippen LogP contribution in [0.15, 0.2) is 27.0 Å². The van der Waals surface area contributed by atoms with Crippen molar-refractivity contribution in [2.24, 2.45) is 5.92 Å². The third kappa shape index (κ3) is 2.68. The topological polar surface area (TPSA) is 38.3 Å². The molecule has 3 unspecified atom stereocenters. The Hall–Kier alpha value is -1.48. The molecule has 3 heteroatoms. The molecule has 1 aliphatic carbocycles. The van der Waals surface area contributed by atoms with Gasteiger partial charge in [0.05, 0.1) is 6.54 Å². The molecule has 3 rings (SSSR count). The van der Waals surface area contributed by atoms with Gasteiger partial charge in [-0.2, -0.15) is 0 Å². The van der Waals surface area contributed by atoms with Crippen LogP contribution in [0.1, 0.15) is 60.8 Å². The molecule has 2 heterocycles. The normalized spacial score (nSPS) is 23.0. The SMILES string of the molecule is Cc1cc(C(C)NCc2ccc(C3CC3C)o2)c(C)o1. The van der Waals surface area contributed by atoms with E-state index in [9.17, 15) is 0 Å². The zero-order valence-corrected chi connectivity index (χ0v) is 12.7. The standard InChI is InChI=1S/C17H23NO2/c1-10-7-15(10)17-6-5-14(20-17)9-18-12(3)16-8-11(2)19-13(16)4/h5-6,8,10,12,15,18H,7,9H2,1-4H3. The van der Waals surface area contributed by atoms with Crippen molar-refractivity contribution in [1.82, 2.24) is 5.32 Å². The molecule has 0 aromatic carbocycles. The maximum absolute atomic E-state index is 5.91. The fraction of sp³-hybridized carbons (Fsp3) is 0.529. The van der Waals surface area contributed by atoms with E-state index >= 15 is 0 Å². The Labute approximate surface area is 120 Å². The number of nitrogens with one attached hydrogen (secondary N) is 1. The highest BCUT2D eigenvalue weighted by atomic mass is 16.3. The zero-order chi connectivity index (χ0) is 14.3. The fourth-order valence-corrected chi connectivity index (χ4v) is 2.85. The maximum atomic E-state index is 5.91. The molecule has 0 spiro atoms. The van der Waals surface area contributed by atoms with E-state index in [2.05, 4.69) is 37.4 Å². The van der Waals surface area contributed by atoms with Crippen molar-refractivity contribution in [2.45, 2.75) is 52.6 Å². The first-order chi connectivity index (χ1) is 9.54. The lowest BCUT2D eigenvalue weighted by atomic mass is 10.1. The molecule has 1 aliphatic rings. The molecule has 3 atom stereocenters. The van der Waals surface area contributed by atoms with E-state index < -0.39 is 0 Å². The summed E-state index contributed by atoms with van der Waals surface area (Å²) in [5.74, 6) is 5.57. The first-order valence-electron chi connectivity index (χ1n) is 7.43. The van der Waals surface area contributed by atoms with Crippen LogP contribution in [0.5, 0.6) is 0 Å². The Bertz CT molecular complexity index is 596. The van der Waals surface area contributed by atoms with Gasteiger partial charge in [0.2, 0.25) is 0 Å². The molecule has 2 aromatic heterocycles. The Morgan fingerprint density at radius 2 is 2.05 bits per heavy atom. The summed E-state index contributed by atoms with van der Waals surface area (Å²) in [7, 11) is 0. The average Bonchev–Trinajstić information content (AvgIpc) is 2.84. The number of aryl methyl sites for hydroxylation is 2. The summed E-state index contributed by atoms with van der Waals surface area (Å²) in [6, 6.07) is 6.59. The van der Waals surface area contributed by atoms with Gasteiger partial charge in [-0.25, -0.2) is 0 Å². The lowest BCUT2D eigenvalue weighted by Crippen LogP contribution is -2.17. The summed E-state index contributed by atoms with van der Waals surface area (Å²) < 4.78 is 11.5. The third-order valence-corrected chi connectivity index (χ3v) is 4.29. The first kappa shape index (κ1) is 13.5. The van der Waals surface area contributed by atoms with Gasteiger partial charge < -0.3 is 14.2 Å². The van der Waals surface area contributed by atoms with E-state index in [4.69, 9.17) is 8.83 Å². The Kier molecular flexibility index (Phi) is 3.47. The van der Waals surface area contributed by atoms with Gasteiger partial charge in [-0.3, -0.25) is 0 Å². The van der Waals surface area contributed by atoms with E-state index in [1.54, 1.807) is 0 Å².